The first-order chi connectivity index (χ1) is 15.5. The minimum absolute atomic E-state index is 0.174. The van der Waals surface area contributed by atoms with Gasteiger partial charge in [0.1, 0.15) is 18.4 Å². The van der Waals surface area contributed by atoms with Crippen LogP contribution in [0.1, 0.15) is 5.56 Å². The maximum absolute atomic E-state index is 13.5. The lowest BCUT2D eigenvalue weighted by atomic mass is 10.1. The van der Waals surface area contributed by atoms with Crippen LogP contribution in [0.5, 0.6) is 0 Å². The number of carbonyl (C=O) groups excluding carboxylic acids is 3. The van der Waals surface area contributed by atoms with Crippen molar-refractivity contribution in [2.24, 2.45) is 0 Å². The van der Waals surface area contributed by atoms with Crippen molar-refractivity contribution in [1.29, 1.82) is 0 Å². The number of nitrogens with zero attached hydrogens (tertiary/aromatic N) is 1. The Balaban J connectivity index is 1.56. The van der Waals surface area contributed by atoms with E-state index in [9.17, 15) is 18.8 Å². The highest BCUT2D eigenvalue weighted by molar-refractivity contribution is 6.10. The van der Waals surface area contributed by atoms with Crippen LogP contribution in [0.2, 0.25) is 0 Å². The highest BCUT2D eigenvalue weighted by Crippen LogP contribution is 2.28. The zero-order valence-corrected chi connectivity index (χ0v) is 17.0. The molecule has 3 N–H and O–H groups in total. The van der Waals surface area contributed by atoms with Gasteiger partial charge in [-0.2, -0.15) is 0 Å². The molecular weight excluding hydrogens is 411 g/mol. The number of hydrogen-bond acceptors (Lipinski definition) is 3. The van der Waals surface area contributed by atoms with E-state index in [1.165, 1.54) is 23.1 Å². The summed E-state index contributed by atoms with van der Waals surface area (Å²) in [5.74, 6) is -1.31. The largest absolute Gasteiger partial charge is 0.326 e. The lowest BCUT2D eigenvalue weighted by Crippen LogP contribution is -2.53. The van der Waals surface area contributed by atoms with E-state index in [-0.39, 0.29) is 24.6 Å². The van der Waals surface area contributed by atoms with Crippen molar-refractivity contribution in [3.63, 3.8) is 0 Å². The van der Waals surface area contributed by atoms with Crippen LogP contribution in [0.4, 0.5) is 26.2 Å². The Kier molecular flexibility index (Phi) is 6.12. The molecule has 0 fully saturated rings. The standard InChI is InChI=1S/C24H21FN4O3/c25-17-9-6-10-18(14-17)26-23(31)20(13-16-7-2-1-3-8-16)28-24(32)29-15-22(30)27-19-11-4-5-12-21(19)29/h1-12,14,20H,13,15H2,(H,26,31)(H,27,30)(H,28,32)/t20-/m1/s1. The molecule has 32 heavy (non-hydrogen) atoms. The van der Waals surface area contributed by atoms with E-state index in [0.29, 0.717) is 11.4 Å². The number of anilines is 3. The van der Waals surface area contributed by atoms with Gasteiger partial charge in [-0.1, -0.05) is 48.5 Å². The highest BCUT2D eigenvalue weighted by atomic mass is 19.1. The van der Waals surface area contributed by atoms with Gasteiger partial charge >= 0.3 is 6.03 Å². The number of halogens is 1. The summed E-state index contributed by atoms with van der Waals surface area (Å²) in [5, 5.41) is 8.10. The van der Waals surface area contributed by atoms with E-state index in [1.807, 2.05) is 30.3 Å². The molecule has 8 heteroatoms. The van der Waals surface area contributed by atoms with Gasteiger partial charge in [0.15, 0.2) is 0 Å². The van der Waals surface area contributed by atoms with Gasteiger partial charge in [0.05, 0.1) is 11.4 Å². The summed E-state index contributed by atoms with van der Waals surface area (Å²) in [6.45, 7) is -0.174. The predicted octanol–water partition coefficient (Wildman–Crippen LogP) is 3.54. The molecule has 3 aromatic rings. The third-order valence-corrected chi connectivity index (χ3v) is 5.00. The summed E-state index contributed by atoms with van der Waals surface area (Å²) < 4.78 is 13.5. The molecule has 0 saturated heterocycles. The summed E-state index contributed by atoms with van der Waals surface area (Å²) in [6, 6.07) is 20.1. The molecule has 4 rings (SSSR count). The fourth-order valence-electron chi connectivity index (χ4n) is 3.50. The molecule has 0 saturated carbocycles. The number of nitrogens with one attached hydrogen (secondary N) is 3. The molecule has 4 amide bonds. The quantitative estimate of drug-likeness (QED) is 0.576. The number of amides is 4. The Morgan fingerprint density at radius 3 is 2.53 bits per heavy atom. The molecule has 3 aromatic carbocycles. The number of urea groups is 1. The second-order valence-corrected chi connectivity index (χ2v) is 7.34. The topological polar surface area (TPSA) is 90.5 Å². The number of carbonyl (C=O) groups is 3. The van der Waals surface area contributed by atoms with Crippen molar-refractivity contribution in [1.82, 2.24) is 5.32 Å². The lowest BCUT2D eigenvalue weighted by molar-refractivity contribution is -0.118. The van der Waals surface area contributed by atoms with Gasteiger partial charge in [0.25, 0.3) is 0 Å². The average molecular weight is 432 g/mol. The Morgan fingerprint density at radius 1 is 1.00 bits per heavy atom. The highest BCUT2D eigenvalue weighted by Gasteiger charge is 2.30. The second-order valence-electron chi connectivity index (χ2n) is 7.34. The maximum atomic E-state index is 13.5. The molecular formula is C24H21FN4O3. The van der Waals surface area contributed by atoms with Gasteiger partial charge in [-0.05, 0) is 35.9 Å². The van der Waals surface area contributed by atoms with Crippen molar-refractivity contribution in [2.75, 3.05) is 22.1 Å². The van der Waals surface area contributed by atoms with Crippen molar-refractivity contribution in [3.8, 4) is 0 Å². The minimum atomic E-state index is -0.953. The molecule has 1 aliphatic rings. The van der Waals surface area contributed by atoms with Crippen LogP contribution >= 0.6 is 0 Å². The summed E-state index contributed by atoms with van der Waals surface area (Å²) in [7, 11) is 0. The second kappa shape index (κ2) is 9.30. The van der Waals surface area contributed by atoms with Crippen molar-refractivity contribution in [3.05, 3.63) is 90.2 Å². The third-order valence-electron chi connectivity index (χ3n) is 5.00. The molecule has 0 bridgehead atoms. The fraction of sp³-hybridized carbons (Fsp3) is 0.125. The summed E-state index contributed by atoms with van der Waals surface area (Å²) in [4.78, 5) is 39.5. The Hall–Kier alpha value is -4.20. The molecule has 0 aromatic heterocycles. The first-order valence-corrected chi connectivity index (χ1v) is 10.1. The van der Waals surface area contributed by atoms with Crippen LogP contribution in [0.15, 0.2) is 78.9 Å². The fourth-order valence-corrected chi connectivity index (χ4v) is 3.50. The van der Waals surface area contributed by atoms with Gasteiger partial charge < -0.3 is 16.0 Å². The first-order valence-electron chi connectivity index (χ1n) is 10.1. The van der Waals surface area contributed by atoms with Gasteiger partial charge in [-0.3, -0.25) is 14.5 Å². The Labute approximate surface area is 184 Å². The molecule has 0 unspecified atom stereocenters. The van der Waals surface area contributed by atoms with E-state index in [0.717, 1.165) is 5.56 Å². The molecule has 162 valence electrons. The lowest BCUT2D eigenvalue weighted by Gasteiger charge is -2.30. The number of benzene rings is 3. The zero-order chi connectivity index (χ0) is 22.5. The first kappa shape index (κ1) is 21.0. The molecule has 7 nitrogen and oxygen atoms in total. The van der Waals surface area contributed by atoms with Crippen molar-refractivity contribution < 1.29 is 18.8 Å². The van der Waals surface area contributed by atoms with E-state index in [1.54, 1.807) is 30.3 Å². The average Bonchev–Trinajstić information content (AvgIpc) is 2.78. The van der Waals surface area contributed by atoms with Crippen LogP contribution in [0.3, 0.4) is 0 Å². The Morgan fingerprint density at radius 2 is 1.75 bits per heavy atom. The smallest absolute Gasteiger partial charge is 0.323 e. The molecule has 1 atom stereocenters. The van der Waals surface area contributed by atoms with Crippen LogP contribution < -0.4 is 20.9 Å². The minimum Gasteiger partial charge on any atom is -0.326 e. The summed E-state index contributed by atoms with van der Waals surface area (Å²) >= 11 is 0. The third kappa shape index (κ3) is 4.92. The van der Waals surface area contributed by atoms with E-state index in [4.69, 9.17) is 0 Å². The number of hydrogen-bond donors (Lipinski definition) is 3. The van der Waals surface area contributed by atoms with Crippen LogP contribution in [-0.2, 0) is 16.0 Å². The SMILES string of the molecule is O=C1CN(C(=O)N[C@H](Cc2ccccc2)C(=O)Nc2cccc(F)c2)c2ccccc2N1. The molecule has 0 spiro atoms. The molecule has 1 aliphatic heterocycles. The molecule has 1 heterocycles. The summed E-state index contributed by atoms with van der Waals surface area (Å²) in [6.07, 6.45) is 0.218. The number of fused-ring (bicyclic) bond motifs is 1. The number of rotatable bonds is 5. The van der Waals surface area contributed by atoms with Gasteiger partial charge in [-0.25, -0.2) is 9.18 Å². The van der Waals surface area contributed by atoms with Gasteiger partial charge in [0.2, 0.25) is 11.8 Å². The number of para-hydroxylation sites is 2. The Bertz CT molecular complexity index is 1150. The monoisotopic (exact) mass is 432 g/mol. The zero-order valence-electron chi connectivity index (χ0n) is 17.0. The predicted molar refractivity (Wildman–Crippen MR) is 120 cm³/mol. The van der Waals surface area contributed by atoms with Crippen molar-refractivity contribution in [2.45, 2.75) is 12.5 Å². The summed E-state index contributed by atoms with van der Waals surface area (Å²) in [5.41, 5.74) is 2.17. The van der Waals surface area contributed by atoms with Crippen LogP contribution in [0, 0.1) is 5.82 Å². The normalized spacial score (nSPS) is 13.5. The maximum Gasteiger partial charge on any atom is 0.323 e. The van der Waals surface area contributed by atoms with Gasteiger partial charge in [0, 0.05) is 12.1 Å². The van der Waals surface area contributed by atoms with Crippen LogP contribution in [-0.4, -0.2) is 30.4 Å². The van der Waals surface area contributed by atoms with E-state index in [2.05, 4.69) is 16.0 Å². The molecule has 0 radical (unpaired) electrons. The van der Waals surface area contributed by atoms with E-state index >= 15 is 0 Å². The van der Waals surface area contributed by atoms with Crippen LogP contribution in [0.25, 0.3) is 0 Å². The molecule has 0 aliphatic carbocycles. The van der Waals surface area contributed by atoms with Crippen molar-refractivity contribution >= 4 is 34.9 Å². The van der Waals surface area contributed by atoms with E-state index < -0.39 is 23.8 Å². The van der Waals surface area contributed by atoms with Gasteiger partial charge in [-0.15, -0.1) is 0 Å².